The number of carbonyl (C=O) groups is 1. The summed E-state index contributed by atoms with van der Waals surface area (Å²) < 4.78 is 5.78. The summed E-state index contributed by atoms with van der Waals surface area (Å²) in [6.07, 6.45) is 8.73. The number of nitrogens with one attached hydrogen (secondary N) is 1. The van der Waals surface area contributed by atoms with Crippen molar-refractivity contribution in [3.05, 3.63) is 59.7 Å². The average Bonchev–Trinajstić information content (AvgIpc) is 3.34. The molecule has 0 unspecified atom stereocenters. The van der Waals surface area contributed by atoms with Crippen molar-refractivity contribution in [1.82, 2.24) is 10.2 Å². The molecular formula is C28H36N4O2. The van der Waals surface area contributed by atoms with Crippen LogP contribution in [-0.4, -0.2) is 50.3 Å². The van der Waals surface area contributed by atoms with E-state index in [2.05, 4.69) is 47.8 Å². The maximum Gasteiger partial charge on any atom is 0.415 e. The van der Waals surface area contributed by atoms with E-state index in [1.54, 1.807) is 4.90 Å². The molecule has 0 radical (unpaired) electrons. The molecule has 6 nitrogen and oxygen atoms in total. The third-order valence-electron chi connectivity index (χ3n) is 6.44. The van der Waals surface area contributed by atoms with Gasteiger partial charge in [-0.05, 0) is 103 Å². The molecule has 0 aliphatic heterocycles. The second kappa shape index (κ2) is 12.0. The maximum atomic E-state index is 12.9. The van der Waals surface area contributed by atoms with Crippen LogP contribution in [0.3, 0.4) is 0 Å². The summed E-state index contributed by atoms with van der Waals surface area (Å²) in [4.78, 5) is 14.7. The SMILES string of the molecule is NCCCNCCCCN(CCCN)C(=O)Oc1ccc2c(ccc3c4c(ccc32)C=CC4)c1. The summed E-state index contributed by atoms with van der Waals surface area (Å²) >= 11 is 0. The molecule has 180 valence electrons. The molecule has 0 atom stereocenters. The highest BCUT2D eigenvalue weighted by molar-refractivity contribution is 6.09. The number of fused-ring (bicyclic) bond motifs is 5. The normalized spacial score (nSPS) is 12.4. The summed E-state index contributed by atoms with van der Waals surface area (Å²) in [6.45, 7) is 4.38. The number of rotatable bonds is 12. The Morgan fingerprint density at radius 1 is 0.882 bits per heavy atom. The molecule has 3 aromatic rings. The lowest BCUT2D eigenvalue weighted by molar-refractivity contribution is 0.151. The van der Waals surface area contributed by atoms with Gasteiger partial charge in [0.1, 0.15) is 5.75 Å². The van der Waals surface area contributed by atoms with Crippen molar-refractivity contribution >= 4 is 33.7 Å². The van der Waals surface area contributed by atoms with Crippen LogP contribution in [0, 0.1) is 0 Å². The van der Waals surface area contributed by atoms with Gasteiger partial charge in [0.25, 0.3) is 0 Å². The molecule has 0 saturated heterocycles. The highest BCUT2D eigenvalue weighted by Gasteiger charge is 2.16. The molecule has 0 heterocycles. The van der Waals surface area contributed by atoms with Crippen molar-refractivity contribution in [3.8, 4) is 5.75 Å². The number of carbonyl (C=O) groups excluding carboxylic acids is 1. The van der Waals surface area contributed by atoms with Crippen molar-refractivity contribution in [2.75, 3.05) is 39.3 Å². The fourth-order valence-electron chi connectivity index (χ4n) is 4.60. The van der Waals surface area contributed by atoms with Gasteiger partial charge in [0, 0.05) is 13.1 Å². The van der Waals surface area contributed by atoms with Crippen LogP contribution in [0.2, 0.25) is 0 Å². The van der Waals surface area contributed by atoms with Crippen LogP contribution in [0.15, 0.2) is 48.5 Å². The largest absolute Gasteiger partial charge is 0.415 e. The number of benzene rings is 3. The maximum absolute atomic E-state index is 12.9. The summed E-state index contributed by atoms with van der Waals surface area (Å²) in [5, 5.41) is 8.16. The average molecular weight is 461 g/mol. The molecule has 0 aromatic heterocycles. The van der Waals surface area contributed by atoms with Crippen LogP contribution in [0.25, 0.3) is 27.6 Å². The smallest absolute Gasteiger partial charge is 0.410 e. The minimum absolute atomic E-state index is 0.312. The minimum atomic E-state index is -0.312. The Hall–Kier alpha value is -2.93. The first-order chi connectivity index (χ1) is 16.7. The van der Waals surface area contributed by atoms with Crippen LogP contribution < -0.4 is 21.5 Å². The summed E-state index contributed by atoms with van der Waals surface area (Å²) in [5.74, 6) is 0.570. The quantitative estimate of drug-likeness (QED) is 0.275. The predicted molar refractivity (Wildman–Crippen MR) is 141 cm³/mol. The second-order valence-electron chi connectivity index (χ2n) is 8.88. The Morgan fingerprint density at radius 2 is 1.65 bits per heavy atom. The number of nitrogens with zero attached hydrogens (tertiary/aromatic N) is 1. The van der Waals surface area contributed by atoms with Gasteiger partial charge in [-0.15, -0.1) is 0 Å². The standard InChI is InChI=1S/C28H36N4O2/c29-14-4-17-31-16-1-2-18-32(19-5-15-30)28(33)34-23-10-13-25-22(20-23)9-12-26-24-7-3-6-21(24)8-11-27(25)26/h3,6,8-13,20,31H,1-2,4-5,7,14-19,29-30H2. The Labute approximate surface area is 201 Å². The van der Waals surface area contributed by atoms with Gasteiger partial charge < -0.3 is 26.4 Å². The van der Waals surface area contributed by atoms with Crippen LogP contribution in [0.4, 0.5) is 4.79 Å². The van der Waals surface area contributed by atoms with Crippen LogP contribution in [-0.2, 0) is 6.42 Å². The lowest BCUT2D eigenvalue weighted by atomic mass is 9.96. The lowest BCUT2D eigenvalue weighted by Crippen LogP contribution is -2.36. The fourth-order valence-corrected chi connectivity index (χ4v) is 4.60. The monoisotopic (exact) mass is 460 g/mol. The van der Waals surface area contributed by atoms with Gasteiger partial charge in [0.05, 0.1) is 0 Å². The second-order valence-corrected chi connectivity index (χ2v) is 8.88. The molecule has 0 fully saturated rings. The van der Waals surface area contributed by atoms with Gasteiger partial charge in [-0.2, -0.15) is 0 Å². The number of hydrogen-bond acceptors (Lipinski definition) is 5. The molecule has 5 N–H and O–H groups in total. The first kappa shape index (κ1) is 24.2. The van der Waals surface area contributed by atoms with Crippen LogP contribution in [0.1, 0.15) is 36.8 Å². The van der Waals surface area contributed by atoms with Crippen molar-refractivity contribution in [1.29, 1.82) is 0 Å². The van der Waals surface area contributed by atoms with E-state index in [1.807, 2.05) is 12.1 Å². The van der Waals surface area contributed by atoms with Gasteiger partial charge in [0.15, 0.2) is 0 Å². The highest BCUT2D eigenvalue weighted by Crippen LogP contribution is 2.34. The van der Waals surface area contributed by atoms with Crippen LogP contribution >= 0.6 is 0 Å². The van der Waals surface area contributed by atoms with E-state index >= 15 is 0 Å². The molecule has 34 heavy (non-hydrogen) atoms. The Bertz CT molecular complexity index is 1160. The first-order valence-corrected chi connectivity index (χ1v) is 12.4. The van der Waals surface area contributed by atoms with Gasteiger partial charge in [0.2, 0.25) is 0 Å². The fraction of sp³-hybridized carbons (Fsp3) is 0.393. The van der Waals surface area contributed by atoms with E-state index in [9.17, 15) is 4.79 Å². The van der Waals surface area contributed by atoms with E-state index in [0.717, 1.165) is 50.6 Å². The first-order valence-electron chi connectivity index (χ1n) is 12.4. The van der Waals surface area contributed by atoms with E-state index in [0.29, 0.717) is 31.9 Å². The van der Waals surface area contributed by atoms with Gasteiger partial charge in [-0.1, -0.05) is 42.5 Å². The molecule has 4 rings (SSSR count). The van der Waals surface area contributed by atoms with Crippen molar-refractivity contribution < 1.29 is 9.53 Å². The Balaban J connectivity index is 1.41. The zero-order chi connectivity index (χ0) is 23.8. The molecule has 1 aliphatic carbocycles. The summed E-state index contributed by atoms with van der Waals surface area (Å²) in [7, 11) is 0. The lowest BCUT2D eigenvalue weighted by Gasteiger charge is -2.22. The molecule has 1 aliphatic rings. The van der Waals surface area contributed by atoms with Crippen molar-refractivity contribution in [2.45, 2.75) is 32.1 Å². The highest BCUT2D eigenvalue weighted by atomic mass is 16.6. The van der Waals surface area contributed by atoms with Gasteiger partial charge in [-0.25, -0.2) is 4.79 Å². The Morgan fingerprint density at radius 3 is 2.50 bits per heavy atom. The minimum Gasteiger partial charge on any atom is -0.410 e. The molecule has 1 amide bonds. The molecular weight excluding hydrogens is 424 g/mol. The van der Waals surface area contributed by atoms with E-state index in [1.165, 1.54) is 27.3 Å². The number of ether oxygens (including phenoxy) is 1. The molecule has 3 aromatic carbocycles. The third-order valence-corrected chi connectivity index (χ3v) is 6.44. The summed E-state index contributed by atoms with van der Waals surface area (Å²) in [6, 6.07) is 14.6. The molecule has 0 saturated carbocycles. The van der Waals surface area contributed by atoms with Gasteiger partial charge in [-0.3, -0.25) is 0 Å². The zero-order valence-electron chi connectivity index (χ0n) is 19.9. The van der Waals surface area contributed by atoms with E-state index in [4.69, 9.17) is 16.2 Å². The van der Waals surface area contributed by atoms with Crippen molar-refractivity contribution in [3.63, 3.8) is 0 Å². The summed E-state index contributed by atoms with van der Waals surface area (Å²) in [5.41, 5.74) is 13.9. The van der Waals surface area contributed by atoms with Crippen molar-refractivity contribution in [2.24, 2.45) is 11.5 Å². The number of hydrogen-bond donors (Lipinski definition) is 3. The predicted octanol–water partition coefficient (Wildman–Crippen LogP) is 4.43. The number of unbranched alkanes of at least 4 members (excludes halogenated alkanes) is 1. The number of amides is 1. The van der Waals surface area contributed by atoms with E-state index < -0.39 is 0 Å². The number of allylic oxidation sites excluding steroid dienone is 1. The molecule has 6 heteroatoms. The van der Waals surface area contributed by atoms with E-state index in [-0.39, 0.29) is 6.09 Å². The number of nitrogens with two attached hydrogens (primary N) is 2. The topological polar surface area (TPSA) is 93.6 Å². The third kappa shape index (κ3) is 5.76. The zero-order valence-corrected chi connectivity index (χ0v) is 19.9. The molecule has 0 bridgehead atoms. The van der Waals surface area contributed by atoms with Crippen LogP contribution in [0.5, 0.6) is 5.75 Å². The van der Waals surface area contributed by atoms with Gasteiger partial charge >= 0.3 is 6.09 Å². The molecule has 0 spiro atoms. The Kier molecular flexibility index (Phi) is 8.52.